The van der Waals surface area contributed by atoms with Gasteiger partial charge >= 0.3 is 7.82 Å². The van der Waals surface area contributed by atoms with E-state index in [-0.39, 0.29) is 5.60 Å². The number of ether oxygens (including phenoxy) is 1. The summed E-state index contributed by atoms with van der Waals surface area (Å²) in [5, 5.41) is 0. The molecule has 0 aromatic heterocycles. The summed E-state index contributed by atoms with van der Waals surface area (Å²) in [6.45, 7) is 17.3. The van der Waals surface area contributed by atoms with Crippen molar-refractivity contribution in [2.45, 2.75) is 132 Å². The molecule has 1 aliphatic rings. The smallest absolute Gasteiger partial charge is 0.487 e. The zero-order chi connectivity index (χ0) is 26.4. The second-order valence-electron chi connectivity index (χ2n) is 12.0. The quantitative estimate of drug-likeness (QED) is 0.245. The fraction of sp³-hybridized carbons (Fsp3) is 0.793. The van der Waals surface area contributed by atoms with Crippen molar-refractivity contribution < 1.29 is 23.6 Å². The summed E-state index contributed by atoms with van der Waals surface area (Å²) >= 11 is 0. The van der Waals surface area contributed by atoms with Crippen LogP contribution < -0.4 is 9.26 Å². The van der Waals surface area contributed by atoms with E-state index in [0.717, 1.165) is 71.4 Å². The van der Waals surface area contributed by atoms with Gasteiger partial charge in [0.05, 0.1) is 0 Å². The Morgan fingerprint density at radius 3 is 1.97 bits per heavy atom. The van der Waals surface area contributed by atoms with Gasteiger partial charge in [0, 0.05) is 5.56 Å². The first kappa shape index (κ1) is 30.2. The van der Waals surface area contributed by atoms with E-state index in [4.69, 9.17) is 9.26 Å². The molecule has 35 heavy (non-hydrogen) atoms. The SMILES string of the molecule is Cc1c(C)c2c(c(C)c1OP(=O)(O)O)CC[C@@](C)(CCCC(C)CCCC(C)CCCC(C)C)O2. The van der Waals surface area contributed by atoms with Crippen LogP contribution in [0.1, 0.15) is 121 Å². The van der Waals surface area contributed by atoms with Crippen LogP contribution in [0.25, 0.3) is 0 Å². The van der Waals surface area contributed by atoms with E-state index in [2.05, 4.69) is 34.6 Å². The van der Waals surface area contributed by atoms with Gasteiger partial charge in [-0.3, -0.25) is 9.79 Å². The third-order valence-electron chi connectivity index (χ3n) is 8.05. The molecule has 0 spiro atoms. The third-order valence-corrected chi connectivity index (χ3v) is 8.47. The first-order valence-electron chi connectivity index (χ1n) is 13.8. The Balaban J connectivity index is 1.85. The Bertz CT molecular complexity index is 875. The standard InChI is InChI=1S/C29H51O5P/c1-20(2)12-9-13-21(3)14-10-15-22(4)16-11-18-29(8)19-17-26-25(7)27(34-35(30,31)32)23(5)24(6)28(26)33-29/h20-22H,9-19H2,1-8H3,(H2,30,31,32)/t21?,22?,29-/m1/s1. The molecule has 1 heterocycles. The van der Waals surface area contributed by atoms with Crippen molar-refractivity contribution in [2.75, 3.05) is 0 Å². The van der Waals surface area contributed by atoms with Crippen LogP contribution >= 0.6 is 7.82 Å². The first-order valence-corrected chi connectivity index (χ1v) is 15.3. The van der Waals surface area contributed by atoms with Gasteiger partial charge in [0.2, 0.25) is 0 Å². The number of hydrogen-bond donors (Lipinski definition) is 2. The Morgan fingerprint density at radius 2 is 1.43 bits per heavy atom. The molecular formula is C29H51O5P. The molecule has 2 N–H and O–H groups in total. The van der Waals surface area contributed by atoms with Crippen molar-refractivity contribution in [3.63, 3.8) is 0 Å². The number of phosphoric ester groups is 1. The third kappa shape index (κ3) is 9.41. The van der Waals surface area contributed by atoms with Crippen LogP contribution in [0.5, 0.6) is 11.5 Å². The largest absolute Gasteiger partial charge is 0.524 e. The molecule has 1 aromatic carbocycles. The van der Waals surface area contributed by atoms with Gasteiger partial charge in [-0.2, -0.15) is 0 Å². The molecule has 0 radical (unpaired) electrons. The van der Waals surface area contributed by atoms with Gasteiger partial charge in [-0.15, -0.1) is 0 Å². The molecule has 202 valence electrons. The molecule has 0 saturated heterocycles. The zero-order valence-electron chi connectivity index (χ0n) is 23.6. The topological polar surface area (TPSA) is 76.0 Å². The van der Waals surface area contributed by atoms with Gasteiger partial charge in [-0.1, -0.05) is 72.6 Å². The van der Waals surface area contributed by atoms with Crippen LogP contribution in [0.4, 0.5) is 0 Å². The summed E-state index contributed by atoms with van der Waals surface area (Å²) in [6.07, 6.45) is 13.3. The van der Waals surface area contributed by atoms with Crippen molar-refractivity contribution in [1.29, 1.82) is 0 Å². The molecule has 1 aromatic rings. The lowest BCUT2D eigenvalue weighted by Crippen LogP contribution is -2.37. The number of rotatable bonds is 14. The lowest BCUT2D eigenvalue weighted by molar-refractivity contribution is 0.0512. The van der Waals surface area contributed by atoms with Crippen LogP contribution in [-0.4, -0.2) is 15.4 Å². The van der Waals surface area contributed by atoms with E-state index >= 15 is 0 Å². The number of phosphoric acid groups is 1. The molecule has 0 fully saturated rings. The van der Waals surface area contributed by atoms with E-state index in [1.807, 2.05) is 20.8 Å². The summed E-state index contributed by atoms with van der Waals surface area (Å²) in [4.78, 5) is 18.7. The van der Waals surface area contributed by atoms with Crippen LogP contribution in [0.2, 0.25) is 0 Å². The second-order valence-corrected chi connectivity index (χ2v) is 13.2. The van der Waals surface area contributed by atoms with E-state index < -0.39 is 7.82 Å². The van der Waals surface area contributed by atoms with Crippen molar-refractivity contribution in [1.82, 2.24) is 0 Å². The predicted octanol–water partition coefficient (Wildman–Crippen LogP) is 8.61. The van der Waals surface area contributed by atoms with Gasteiger partial charge < -0.3 is 9.26 Å². The van der Waals surface area contributed by atoms with Crippen LogP contribution in [0, 0.1) is 38.5 Å². The zero-order valence-corrected chi connectivity index (χ0v) is 24.5. The molecule has 3 atom stereocenters. The highest BCUT2D eigenvalue weighted by Crippen LogP contribution is 2.48. The molecule has 0 saturated carbocycles. The molecule has 0 aliphatic carbocycles. The van der Waals surface area contributed by atoms with Crippen LogP contribution in [0.15, 0.2) is 0 Å². The first-order chi connectivity index (χ1) is 16.2. The average molecular weight is 511 g/mol. The van der Waals surface area contributed by atoms with Gasteiger partial charge in [-0.25, -0.2) is 4.57 Å². The minimum Gasteiger partial charge on any atom is -0.487 e. The molecule has 1 aliphatic heterocycles. The van der Waals surface area contributed by atoms with E-state index in [1.54, 1.807) is 0 Å². The van der Waals surface area contributed by atoms with Gasteiger partial charge in [0.25, 0.3) is 0 Å². The summed E-state index contributed by atoms with van der Waals surface area (Å²) in [5.41, 5.74) is 3.24. The monoisotopic (exact) mass is 510 g/mol. The van der Waals surface area contributed by atoms with Crippen molar-refractivity contribution in [2.24, 2.45) is 17.8 Å². The summed E-state index contributed by atoms with van der Waals surface area (Å²) in [5.74, 6) is 3.59. The summed E-state index contributed by atoms with van der Waals surface area (Å²) in [7, 11) is -4.61. The highest BCUT2D eigenvalue weighted by molar-refractivity contribution is 7.46. The highest BCUT2D eigenvalue weighted by Gasteiger charge is 2.35. The van der Waals surface area contributed by atoms with Crippen molar-refractivity contribution in [3.8, 4) is 11.5 Å². The maximum atomic E-state index is 11.5. The summed E-state index contributed by atoms with van der Waals surface area (Å²) < 4.78 is 23.1. The van der Waals surface area contributed by atoms with Gasteiger partial charge in [0.1, 0.15) is 17.1 Å². The molecule has 5 nitrogen and oxygen atoms in total. The Hall–Kier alpha value is -1.03. The number of benzene rings is 1. The maximum Gasteiger partial charge on any atom is 0.524 e. The number of hydrogen-bond acceptors (Lipinski definition) is 3. The maximum absolute atomic E-state index is 11.5. The molecule has 2 rings (SSSR count). The van der Waals surface area contributed by atoms with E-state index in [0.29, 0.717) is 5.75 Å². The van der Waals surface area contributed by atoms with Crippen LogP contribution in [-0.2, 0) is 11.0 Å². The van der Waals surface area contributed by atoms with E-state index in [1.165, 1.54) is 44.9 Å². The normalized spacial score (nSPS) is 19.9. The Labute approximate surface area is 214 Å². The van der Waals surface area contributed by atoms with Crippen LogP contribution in [0.3, 0.4) is 0 Å². The Kier molecular flexibility index (Phi) is 11.2. The van der Waals surface area contributed by atoms with Gasteiger partial charge in [0.15, 0.2) is 0 Å². The number of fused-ring (bicyclic) bond motifs is 1. The molecule has 0 amide bonds. The highest BCUT2D eigenvalue weighted by atomic mass is 31.2. The minimum absolute atomic E-state index is 0.201. The average Bonchev–Trinajstić information content (AvgIpc) is 2.74. The fourth-order valence-electron chi connectivity index (χ4n) is 5.52. The van der Waals surface area contributed by atoms with Crippen molar-refractivity contribution >= 4 is 7.82 Å². The lowest BCUT2D eigenvalue weighted by atomic mass is 9.84. The predicted molar refractivity (Wildman–Crippen MR) is 145 cm³/mol. The van der Waals surface area contributed by atoms with Gasteiger partial charge in [-0.05, 0) is 87.8 Å². The minimum atomic E-state index is -4.61. The molecule has 0 bridgehead atoms. The Morgan fingerprint density at radius 1 is 0.886 bits per heavy atom. The fourth-order valence-corrected chi connectivity index (χ4v) is 6.03. The van der Waals surface area contributed by atoms with E-state index in [9.17, 15) is 14.4 Å². The lowest BCUT2D eigenvalue weighted by Gasteiger charge is -2.38. The molecule has 2 unspecified atom stereocenters. The van der Waals surface area contributed by atoms with Crippen molar-refractivity contribution in [3.05, 3.63) is 22.3 Å². The second kappa shape index (κ2) is 13.0. The summed E-state index contributed by atoms with van der Waals surface area (Å²) in [6, 6.07) is 0. The molecule has 6 heteroatoms. The molecular weight excluding hydrogens is 459 g/mol.